The van der Waals surface area contributed by atoms with Crippen molar-refractivity contribution in [2.24, 2.45) is 0 Å². The Morgan fingerprint density at radius 2 is 2.05 bits per heavy atom. The summed E-state index contributed by atoms with van der Waals surface area (Å²) in [6.07, 6.45) is 3.21. The lowest BCUT2D eigenvalue weighted by atomic mass is 10.1. The molecule has 1 amide bonds. The fourth-order valence-corrected chi connectivity index (χ4v) is 1.97. The van der Waals surface area contributed by atoms with Crippen LogP contribution in [-0.4, -0.2) is 37.0 Å². The summed E-state index contributed by atoms with van der Waals surface area (Å²) in [5.74, 6) is 0.493. The number of carbonyl (C=O) groups excluding carboxylic acids is 1. The van der Waals surface area contributed by atoms with Crippen molar-refractivity contribution in [3.05, 3.63) is 12.7 Å². The number of imidazole rings is 1. The molecular formula is C14H22N6O. The lowest BCUT2D eigenvalue weighted by molar-refractivity contribution is -0.122. The van der Waals surface area contributed by atoms with E-state index in [1.54, 1.807) is 13.3 Å². The molecule has 7 heteroatoms. The molecule has 0 fully saturated rings. The van der Waals surface area contributed by atoms with Crippen LogP contribution >= 0.6 is 0 Å². The Balaban J connectivity index is 2.20. The molecule has 21 heavy (non-hydrogen) atoms. The molecule has 0 aliphatic rings. The molecule has 7 nitrogen and oxygen atoms in total. The van der Waals surface area contributed by atoms with Crippen molar-refractivity contribution < 1.29 is 4.79 Å². The summed E-state index contributed by atoms with van der Waals surface area (Å²) >= 11 is 0. The normalized spacial score (nSPS) is 13.2. The maximum atomic E-state index is 12.1. The van der Waals surface area contributed by atoms with E-state index in [-0.39, 0.29) is 11.4 Å². The molecule has 0 aliphatic heterocycles. The summed E-state index contributed by atoms with van der Waals surface area (Å²) in [6.45, 7) is 10.4. The molecule has 1 atom stereocenters. The van der Waals surface area contributed by atoms with Gasteiger partial charge in [0.05, 0.1) is 6.33 Å². The lowest BCUT2D eigenvalue weighted by Gasteiger charge is -2.23. The minimum absolute atomic E-state index is 0.0795. The Kier molecular flexibility index (Phi) is 4.11. The molecule has 0 aromatic carbocycles. The smallest absolute Gasteiger partial charge is 0.242 e. The standard InChI is InChI=1S/C14H22N6O/c1-6-20-8-17-10-11(15-7-16-12(10)20)18-9(2)13(21)19-14(3,4)5/h7-9H,6H2,1-5H3,(H,19,21)(H,15,16,18). The highest BCUT2D eigenvalue weighted by Crippen LogP contribution is 2.18. The molecule has 2 aromatic heterocycles. The lowest BCUT2D eigenvalue weighted by Crippen LogP contribution is -2.47. The quantitative estimate of drug-likeness (QED) is 0.892. The van der Waals surface area contributed by atoms with Crippen LogP contribution in [0.1, 0.15) is 34.6 Å². The van der Waals surface area contributed by atoms with E-state index >= 15 is 0 Å². The van der Waals surface area contributed by atoms with Gasteiger partial charge in [0.2, 0.25) is 5.91 Å². The molecule has 0 saturated heterocycles. The first-order valence-electron chi connectivity index (χ1n) is 7.06. The van der Waals surface area contributed by atoms with Gasteiger partial charge in [0, 0.05) is 12.1 Å². The predicted octanol–water partition coefficient (Wildman–Crippen LogP) is 1.56. The summed E-state index contributed by atoms with van der Waals surface area (Å²) in [6, 6.07) is -0.408. The zero-order valence-electron chi connectivity index (χ0n) is 13.1. The third-order valence-electron chi connectivity index (χ3n) is 2.99. The number of anilines is 1. The largest absolute Gasteiger partial charge is 0.357 e. The maximum absolute atomic E-state index is 12.1. The second kappa shape index (κ2) is 5.67. The molecular weight excluding hydrogens is 268 g/mol. The first-order chi connectivity index (χ1) is 9.81. The highest BCUT2D eigenvalue weighted by atomic mass is 16.2. The second-order valence-electron chi connectivity index (χ2n) is 6.03. The van der Waals surface area contributed by atoms with Gasteiger partial charge in [0.1, 0.15) is 17.9 Å². The van der Waals surface area contributed by atoms with Crippen LogP contribution in [0.4, 0.5) is 5.82 Å². The number of nitrogens with one attached hydrogen (secondary N) is 2. The fraction of sp³-hybridized carbons (Fsp3) is 0.571. The molecule has 114 valence electrons. The van der Waals surface area contributed by atoms with Gasteiger partial charge in [0.15, 0.2) is 11.5 Å². The van der Waals surface area contributed by atoms with Crippen molar-refractivity contribution in [3.63, 3.8) is 0 Å². The zero-order chi connectivity index (χ0) is 15.6. The van der Waals surface area contributed by atoms with E-state index in [2.05, 4.69) is 25.6 Å². The summed E-state index contributed by atoms with van der Waals surface area (Å²) in [7, 11) is 0. The highest BCUT2D eigenvalue weighted by molar-refractivity contribution is 5.88. The van der Waals surface area contributed by atoms with Crippen LogP contribution in [0.3, 0.4) is 0 Å². The van der Waals surface area contributed by atoms with Crippen molar-refractivity contribution in [1.29, 1.82) is 0 Å². The number of hydrogen-bond donors (Lipinski definition) is 2. The molecule has 0 saturated carbocycles. The van der Waals surface area contributed by atoms with Gasteiger partial charge in [-0.25, -0.2) is 15.0 Å². The summed E-state index contributed by atoms with van der Waals surface area (Å²) in [4.78, 5) is 24.9. The molecule has 0 radical (unpaired) electrons. The van der Waals surface area contributed by atoms with Crippen molar-refractivity contribution in [3.8, 4) is 0 Å². The number of aromatic nitrogens is 4. The number of fused-ring (bicyclic) bond motifs is 1. The van der Waals surface area contributed by atoms with E-state index in [9.17, 15) is 4.79 Å². The van der Waals surface area contributed by atoms with Gasteiger partial charge in [-0.05, 0) is 34.6 Å². The van der Waals surface area contributed by atoms with Crippen molar-refractivity contribution in [1.82, 2.24) is 24.8 Å². The number of hydrogen-bond acceptors (Lipinski definition) is 5. The molecule has 0 bridgehead atoms. The van der Waals surface area contributed by atoms with Crippen LogP contribution in [0.5, 0.6) is 0 Å². The fourth-order valence-electron chi connectivity index (χ4n) is 1.97. The average Bonchev–Trinajstić information content (AvgIpc) is 2.80. The van der Waals surface area contributed by atoms with Crippen LogP contribution in [0.15, 0.2) is 12.7 Å². The minimum Gasteiger partial charge on any atom is -0.357 e. The van der Waals surface area contributed by atoms with Crippen molar-refractivity contribution in [2.75, 3.05) is 5.32 Å². The summed E-state index contributed by atoms with van der Waals surface area (Å²) < 4.78 is 1.93. The molecule has 2 heterocycles. The van der Waals surface area contributed by atoms with Gasteiger partial charge in [-0.3, -0.25) is 4.79 Å². The Morgan fingerprint density at radius 1 is 1.33 bits per heavy atom. The predicted molar refractivity (Wildman–Crippen MR) is 82.0 cm³/mol. The van der Waals surface area contributed by atoms with E-state index in [0.717, 1.165) is 12.2 Å². The van der Waals surface area contributed by atoms with Gasteiger partial charge in [-0.15, -0.1) is 0 Å². The van der Waals surface area contributed by atoms with Gasteiger partial charge in [-0.2, -0.15) is 0 Å². The highest BCUT2D eigenvalue weighted by Gasteiger charge is 2.20. The number of nitrogens with zero attached hydrogens (tertiary/aromatic N) is 4. The van der Waals surface area contributed by atoms with E-state index < -0.39 is 6.04 Å². The van der Waals surface area contributed by atoms with E-state index in [0.29, 0.717) is 11.3 Å². The molecule has 0 aliphatic carbocycles. The van der Waals surface area contributed by atoms with Crippen LogP contribution in [0.2, 0.25) is 0 Å². The summed E-state index contributed by atoms with van der Waals surface area (Å²) in [5, 5.41) is 6.04. The second-order valence-corrected chi connectivity index (χ2v) is 6.03. The van der Waals surface area contributed by atoms with Gasteiger partial charge in [-0.1, -0.05) is 0 Å². The van der Waals surface area contributed by atoms with Crippen LogP contribution in [-0.2, 0) is 11.3 Å². The Hall–Kier alpha value is -2.18. The van der Waals surface area contributed by atoms with E-state index in [1.807, 2.05) is 32.3 Å². The van der Waals surface area contributed by atoms with Crippen LogP contribution < -0.4 is 10.6 Å². The van der Waals surface area contributed by atoms with Crippen LogP contribution in [0, 0.1) is 0 Å². The molecule has 2 aromatic rings. The third-order valence-corrected chi connectivity index (χ3v) is 2.99. The minimum atomic E-state index is -0.408. The molecule has 2 N–H and O–H groups in total. The first kappa shape index (κ1) is 15.2. The van der Waals surface area contributed by atoms with E-state index in [4.69, 9.17) is 0 Å². The molecule has 2 rings (SSSR count). The maximum Gasteiger partial charge on any atom is 0.242 e. The number of rotatable bonds is 4. The molecule has 1 unspecified atom stereocenters. The van der Waals surface area contributed by atoms with Gasteiger partial charge < -0.3 is 15.2 Å². The third kappa shape index (κ3) is 3.48. The number of carbonyl (C=O) groups is 1. The monoisotopic (exact) mass is 290 g/mol. The molecule has 0 spiro atoms. The number of aryl methyl sites for hydroxylation is 1. The van der Waals surface area contributed by atoms with Gasteiger partial charge in [0.25, 0.3) is 0 Å². The van der Waals surface area contributed by atoms with Crippen LogP contribution in [0.25, 0.3) is 11.2 Å². The van der Waals surface area contributed by atoms with Crippen molar-refractivity contribution in [2.45, 2.75) is 52.7 Å². The van der Waals surface area contributed by atoms with Crippen molar-refractivity contribution >= 4 is 22.9 Å². The SMILES string of the molecule is CCn1cnc2c(NC(C)C(=O)NC(C)(C)C)ncnc21. The summed E-state index contributed by atoms with van der Waals surface area (Å²) in [5.41, 5.74) is 1.17. The topological polar surface area (TPSA) is 84.7 Å². The average molecular weight is 290 g/mol. The first-order valence-corrected chi connectivity index (χ1v) is 7.06. The number of amides is 1. The Labute approximate surface area is 124 Å². The Bertz CT molecular complexity index is 642. The Morgan fingerprint density at radius 3 is 2.67 bits per heavy atom. The van der Waals surface area contributed by atoms with Gasteiger partial charge >= 0.3 is 0 Å². The van der Waals surface area contributed by atoms with E-state index in [1.165, 1.54) is 6.33 Å². The zero-order valence-corrected chi connectivity index (χ0v) is 13.1.